The fourth-order valence-corrected chi connectivity index (χ4v) is 3.49. The summed E-state index contributed by atoms with van der Waals surface area (Å²) in [7, 11) is 0. The van der Waals surface area contributed by atoms with Gasteiger partial charge in [-0.05, 0) is 56.5 Å². The molecular weight excluding hydrogens is 388 g/mol. The Balaban J connectivity index is 1.81. The number of benzene rings is 1. The maximum absolute atomic E-state index is 13.7. The van der Waals surface area contributed by atoms with E-state index >= 15 is 0 Å². The predicted molar refractivity (Wildman–Crippen MR) is 100 cm³/mol. The Bertz CT molecular complexity index is 983. The summed E-state index contributed by atoms with van der Waals surface area (Å²) < 4.78 is 51.6. The third-order valence-corrected chi connectivity index (χ3v) is 5.04. The summed E-state index contributed by atoms with van der Waals surface area (Å²) in [6.07, 6.45) is -0.289. The van der Waals surface area contributed by atoms with Gasteiger partial charge in [0.2, 0.25) is 0 Å². The van der Waals surface area contributed by atoms with E-state index < -0.39 is 23.3 Å². The minimum Gasteiger partial charge on any atom is -0.358 e. The number of alkyl halides is 3. The molecule has 1 amide bonds. The summed E-state index contributed by atoms with van der Waals surface area (Å²) >= 11 is 0. The zero-order chi connectivity index (χ0) is 21.3. The molecule has 0 spiro atoms. The third-order valence-electron chi connectivity index (χ3n) is 5.04. The first-order valence-electron chi connectivity index (χ1n) is 9.17. The summed E-state index contributed by atoms with van der Waals surface area (Å²) in [5, 5.41) is 0. The molecule has 1 aromatic carbocycles. The van der Waals surface area contributed by atoms with Gasteiger partial charge in [0.25, 0.3) is 5.91 Å². The van der Waals surface area contributed by atoms with E-state index in [1.807, 2.05) is 0 Å². The van der Waals surface area contributed by atoms with Crippen LogP contribution in [0.5, 0.6) is 0 Å². The van der Waals surface area contributed by atoms with Crippen molar-refractivity contribution in [1.29, 1.82) is 0 Å². The molecule has 0 atom stereocenters. The fraction of sp³-hybridized carbons (Fsp3) is 0.333. The highest BCUT2D eigenvalue weighted by molar-refractivity contribution is 6.07. The van der Waals surface area contributed by atoms with Gasteiger partial charge in [-0.3, -0.25) is 9.59 Å². The zero-order valence-corrected chi connectivity index (χ0v) is 16.0. The van der Waals surface area contributed by atoms with Crippen molar-refractivity contribution in [3.05, 3.63) is 63.7 Å². The first-order valence-corrected chi connectivity index (χ1v) is 9.17. The summed E-state index contributed by atoms with van der Waals surface area (Å²) in [5.74, 6) is -2.21. The average Bonchev–Trinajstić information content (AvgIpc) is 3.26. The largest absolute Gasteiger partial charge is 0.419 e. The van der Waals surface area contributed by atoms with Crippen LogP contribution in [0.15, 0.2) is 24.3 Å². The second kappa shape index (κ2) is 7.85. The highest BCUT2D eigenvalue weighted by Crippen LogP contribution is 2.31. The quantitative estimate of drug-likeness (QED) is 0.444. The van der Waals surface area contributed by atoms with E-state index in [-0.39, 0.29) is 11.5 Å². The summed E-state index contributed by atoms with van der Waals surface area (Å²) in [4.78, 5) is 29.8. The highest BCUT2D eigenvalue weighted by atomic mass is 19.4. The van der Waals surface area contributed by atoms with Crippen LogP contribution in [0.3, 0.4) is 0 Å². The molecule has 4 nitrogen and oxygen atoms in total. The van der Waals surface area contributed by atoms with Gasteiger partial charge in [-0.15, -0.1) is 0 Å². The molecule has 2 heterocycles. The van der Waals surface area contributed by atoms with Gasteiger partial charge in [0.1, 0.15) is 5.82 Å². The van der Waals surface area contributed by atoms with Crippen molar-refractivity contribution in [3.8, 4) is 0 Å². The molecule has 1 saturated heterocycles. The smallest absolute Gasteiger partial charge is 0.358 e. The molecule has 1 aromatic heterocycles. The van der Waals surface area contributed by atoms with Crippen molar-refractivity contribution in [1.82, 2.24) is 9.88 Å². The van der Waals surface area contributed by atoms with Gasteiger partial charge in [-0.2, -0.15) is 13.2 Å². The predicted octanol–water partition coefficient (Wildman–Crippen LogP) is 4.92. The van der Waals surface area contributed by atoms with Crippen molar-refractivity contribution in [2.75, 3.05) is 13.1 Å². The van der Waals surface area contributed by atoms with Gasteiger partial charge < -0.3 is 9.88 Å². The zero-order valence-electron chi connectivity index (χ0n) is 16.0. The molecule has 29 heavy (non-hydrogen) atoms. The van der Waals surface area contributed by atoms with E-state index in [0.717, 1.165) is 25.0 Å². The maximum atomic E-state index is 13.7. The Morgan fingerprint density at radius 3 is 2.38 bits per heavy atom. The van der Waals surface area contributed by atoms with E-state index in [4.69, 9.17) is 0 Å². The molecular formula is C21H20F4N2O2. The first-order chi connectivity index (χ1) is 13.6. The number of ketones is 1. The number of nitrogens with zero attached hydrogens (tertiary/aromatic N) is 1. The number of aromatic nitrogens is 1. The molecule has 0 aliphatic carbocycles. The Morgan fingerprint density at radius 2 is 1.79 bits per heavy atom. The number of H-pyrrole nitrogens is 1. The average molecular weight is 408 g/mol. The molecule has 1 aliphatic heterocycles. The number of aryl methyl sites for hydroxylation is 1. The van der Waals surface area contributed by atoms with Crippen LogP contribution >= 0.6 is 0 Å². The number of nitrogens with one attached hydrogen (secondary N) is 1. The van der Waals surface area contributed by atoms with E-state index in [1.54, 1.807) is 18.7 Å². The van der Waals surface area contributed by atoms with E-state index in [2.05, 4.69) is 4.98 Å². The van der Waals surface area contributed by atoms with Crippen LogP contribution in [-0.2, 0) is 6.18 Å². The third kappa shape index (κ3) is 4.26. The highest BCUT2D eigenvalue weighted by Gasteiger charge is 2.34. The van der Waals surface area contributed by atoms with Gasteiger partial charge in [-0.25, -0.2) is 4.39 Å². The standard InChI is InChI=1S/C21H20F4N2O2/c1-12-17(26-13(2)19(12)20(29)27-9-3-4-10-27)7-8-18(28)14-5-6-15(16(22)11-14)21(23,24)25/h5-8,11,26H,3-4,9-10H2,1-2H3/b8-7+. The van der Waals surface area contributed by atoms with Crippen LogP contribution in [0.4, 0.5) is 17.6 Å². The number of likely N-dealkylation sites (tertiary alicyclic amines) is 1. The molecule has 0 bridgehead atoms. The number of amides is 1. The molecule has 2 aromatic rings. The molecule has 0 saturated carbocycles. The van der Waals surface area contributed by atoms with Crippen LogP contribution in [0.1, 0.15) is 56.1 Å². The number of hydrogen-bond donors (Lipinski definition) is 1. The van der Waals surface area contributed by atoms with E-state index in [1.165, 1.54) is 6.08 Å². The van der Waals surface area contributed by atoms with Crippen molar-refractivity contribution in [3.63, 3.8) is 0 Å². The van der Waals surface area contributed by atoms with Crippen LogP contribution < -0.4 is 0 Å². The lowest BCUT2D eigenvalue weighted by Gasteiger charge is -2.15. The van der Waals surface area contributed by atoms with Gasteiger partial charge in [-0.1, -0.05) is 6.07 Å². The topological polar surface area (TPSA) is 53.2 Å². The first kappa shape index (κ1) is 20.8. The molecule has 0 radical (unpaired) electrons. The number of carbonyl (C=O) groups excluding carboxylic acids is 2. The van der Waals surface area contributed by atoms with E-state index in [9.17, 15) is 27.2 Å². The Hall–Kier alpha value is -2.90. The second-order valence-corrected chi connectivity index (χ2v) is 7.05. The monoisotopic (exact) mass is 408 g/mol. The Kier molecular flexibility index (Phi) is 5.64. The van der Waals surface area contributed by atoms with Crippen molar-refractivity contribution in [2.45, 2.75) is 32.9 Å². The molecule has 154 valence electrons. The van der Waals surface area contributed by atoms with Crippen LogP contribution in [0, 0.1) is 19.7 Å². The number of rotatable bonds is 4. The number of halogens is 4. The second-order valence-electron chi connectivity index (χ2n) is 7.05. The minimum atomic E-state index is -4.82. The molecule has 0 unspecified atom stereocenters. The summed E-state index contributed by atoms with van der Waals surface area (Å²) in [5.41, 5.74) is 0.847. The van der Waals surface area contributed by atoms with E-state index in [0.29, 0.717) is 47.7 Å². The minimum absolute atomic E-state index is 0.0652. The fourth-order valence-electron chi connectivity index (χ4n) is 3.49. The van der Waals surface area contributed by atoms with Crippen molar-refractivity contribution < 1.29 is 27.2 Å². The van der Waals surface area contributed by atoms with Gasteiger partial charge in [0, 0.05) is 30.0 Å². The Labute approximate surface area is 165 Å². The lowest BCUT2D eigenvalue weighted by Crippen LogP contribution is -2.28. The van der Waals surface area contributed by atoms with Gasteiger partial charge in [0.15, 0.2) is 5.78 Å². The molecule has 8 heteroatoms. The lowest BCUT2D eigenvalue weighted by atomic mass is 10.1. The molecule has 3 rings (SSSR count). The number of aromatic amines is 1. The van der Waals surface area contributed by atoms with Crippen LogP contribution in [-0.4, -0.2) is 34.7 Å². The number of carbonyl (C=O) groups is 2. The Morgan fingerprint density at radius 1 is 1.14 bits per heavy atom. The van der Waals surface area contributed by atoms with Gasteiger partial charge in [0.05, 0.1) is 11.1 Å². The van der Waals surface area contributed by atoms with Crippen LogP contribution in [0.2, 0.25) is 0 Å². The number of hydrogen-bond acceptors (Lipinski definition) is 2. The SMILES string of the molecule is Cc1[nH]c(/C=C/C(=O)c2ccc(C(F)(F)F)c(F)c2)c(C)c1C(=O)N1CCCC1. The summed E-state index contributed by atoms with van der Waals surface area (Å²) in [6.45, 7) is 4.95. The summed E-state index contributed by atoms with van der Waals surface area (Å²) in [6, 6.07) is 2.06. The van der Waals surface area contributed by atoms with Gasteiger partial charge >= 0.3 is 6.18 Å². The maximum Gasteiger partial charge on any atom is 0.419 e. The molecule has 1 aliphatic rings. The van der Waals surface area contributed by atoms with Crippen molar-refractivity contribution >= 4 is 17.8 Å². The molecule has 1 fully saturated rings. The normalized spacial score (nSPS) is 14.8. The van der Waals surface area contributed by atoms with Crippen molar-refractivity contribution in [2.24, 2.45) is 0 Å². The molecule has 1 N–H and O–H groups in total. The number of allylic oxidation sites excluding steroid dienone is 1. The lowest BCUT2D eigenvalue weighted by molar-refractivity contribution is -0.140. The van der Waals surface area contributed by atoms with Crippen LogP contribution in [0.25, 0.3) is 6.08 Å².